The predicted octanol–water partition coefficient (Wildman–Crippen LogP) is 1.89. The first kappa shape index (κ1) is 22.8. The molecular weight excluding hydrogens is 410 g/mol. The fraction of sp³-hybridized carbons (Fsp3) is 0.200. The number of hydrogen-bond acceptors (Lipinski definition) is 6. The van der Waals surface area contributed by atoms with Crippen LogP contribution in [0.5, 0.6) is 11.5 Å². The number of hydrogen-bond donors (Lipinski definition) is 3. The quantitative estimate of drug-likeness (QED) is 0.517. The lowest BCUT2D eigenvalue weighted by Crippen LogP contribution is -2.20. The van der Waals surface area contributed by atoms with Crippen molar-refractivity contribution in [3.63, 3.8) is 0 Å². The molecule has 0 atom stereocenters. The lowest BCUT2D eigenvalue weighted by atomic mass is 10.1. The van der Waals surface area contributed by atoms with Crippen molar-refractivity contribution in [2.45, 2.75) is 6.92 Å². The van der Waals surface area contributed by atoms with Crippen LogP contribution in [0.1, 0.15) is 11.1 Å². The van der Waals surface area contributed by atoms with E-state index in [0.717, 1.165) is 11.8 Å². The van der Waals surface area contributed by atoms with Crippen LogP contribution in [0.15, 0.2) is 42.5 Å². The zero-order chi connectivity index (χ0) is 22.3. The summed E-state index contributed by atoms with van der Waals surface area (Å²) in [6, 6.07) is 9.83. The van der Waals surface area contributed by atoms with Gasteiger partial charge >= 0.3 is 0 Å². The van der Waals surface area contributed by atoms with Crippen LogP contribution < -0.4 is 25.2 Å². The van der Waals surface area contributed by atoms with Gasteiger partial charge in [0.2, 0.25) is 15.9 Å². The van der Waals surface area contributed by atoms with E-state index >= 15 is 0 Å². The number of ether oxygens (including phenoxy) is 2. The molecular formula is C20H23N3O6S. The van der Waals surface area contributed by atoms with E-state index in [2.05, 4.69) is 10.0 Å². The number of amides is 2. The molecule has 160 valence electrons. The third kappa shape index (κ3) is 7.13. The van der Waals surface area contributed by atoms with Gasteiger partial charge in [-0.05, 0) is 48.4 Å². The average molecular weight is 433 g/mol. The van der Waals surface area contributed by atoms with Gasteiger partial charge in [-0.2, -0.15) is 0 Å². The zero-order valence-electron chi connectivity index (χ0n) is 16.8. The molecule has 0 radical (unpaired) electrons. The fourth-order valence-electron chi connectivity index (χ4n) is 2.42. The first-order valence-corrected chi connectivity index (χ1v) is 10.6. The topological polar surface area (TPSA) is 137 Å². The molecule has 0 unspecified atom stereocenters. The van der Waals surface area contributed by atoms with Crippen LogP contribution in [0.25, 0.3) is 6.08 Å². The van der Waals surface area contributed by atoms with Gasteiger partial charge in [0.25, 0.3) is 5.91 Å². The van der Waals surface area contributed by atoms with E-state index in [0.29, 0.717) is 28.4 Å². The van der Waals surface area contributed by atoms with Crippen molar-refractivity contribution in [3.05, 3.63) is 53.6 Å². The van der Waals surface area contributed by atoms with E-state index in [4.69, 9.17) is 15.2 Å². The largest absolute Gasteiger partial charge is 0.493 e. The number of carbonyl (C=O) groups is 2. The molecule has 0 bridgehead atoms. The SMILES string of the molecule is COc1cc(/C=C/C(=O)Nc2ccc(C)c(NS(C)(=O)=O)c2)ccc1OCC(N)=O. The highest BCUT2D eigenvalue weighted by Gasteiger charge is 2.08. The first-order valence-electron chi connectivity index (χ1n) is 8.74. The third-order valence-electron chi connectivity index (χ3n) is 3.79. The first-order chi connectivity index (χ1) is 14.1. The normalized spacial score (nSPS) is 11.2. The highest BCUT2D eigenvalue weighted by atomic mass is 32.2. The number of aryl methyl sites for hydroxylation is 1. The third-order valence-corrected chi connectivity index (χ3v) is 4.38. The van der Waals surface area contributed by atoms with Crippen molar-refractivity contribution in [2.75, 3.05) is 30.0 Å². The van der Waals surface area contributed by atoms with E-state index in [1.54, 1.807) is 43.3 Å². The molecule has 2 amide bonds. The van der Waals surface area contributed by atoms with Crippen molar-refractivity contribution in [1.29, 1.82) is 0 Å². The summed E-state index contributed by atoms with van der Waals surface area (Å²) in [5, 5.41) is 2.67. The number of nitrogens with one attached hydrogen (secondary N) is 2. The number of methoxy groups -OCH3 is 1. The van der Waals surface area contributed by atoms with Crippen LogP contribution in [0, 0.1) is 6.92 Å². The highest BCUT2D eigenvalue weighted by Crippen LogP contribution is 2.28. The number of benzene rings is 2. The van der Waals surface area contributed by atoms with Gasteiger partial charge in [0.15, 0.2) is 18.1 Å². The predicted molar refractivity (Wildman–Crippen MR) is 115 cm³/mol. The smallest absolute Gasteiger partial charge is 0.255 e. The maximum Gasteiger partial charge on any atom is 0.255 e. The Kier molecular flexibility index (Phi) is 7.43. The van der Waals surface area contributed by atoms with Crippen LogP contribution in [0.4, 0.5) is 11.4 Å². The molecule has 0 heterocycles. The van der Waals surface area contributed by atoms with Crippen LogP contribution in [-0.2, 0) is 19.6 Å². The van der Waals surface area contributed by atoms with Crippen molar-refractivity contribution >= 4 is 39.3 Å². The van der Waals surface area contributed by atoms with E-state index in [1.807, 2.05) is 0 Å². The molecule has 2 aromatic rings. The minimum Gasteiger partial charge on any atom is -0.493 e. The molecule has 0 aliphatic rings. The maximum atomic E-state index is 12.2. The molecule has 0 aromatic heterocycles. The second-order valence-corrected chi connectivity index (χ2v) is 8.14. The van der Waals surface area contributed by atoms with Gasteiger partial charge in [-0.25, -0.2) is 8.42 Å². The summed E-state index contributed by atoms with van der Waals surface area (Å²) in [4.78, 5) is 23.1. The molecule has 10 heteroatoms. The fourth-order valence-corrected chi connectivity index (χ4v) is 3.04. The van der Waals surface area contributed by atoms with E-state index in [1.165, 1.54) is 19.3 Å². The number of primary amides is 1. The molecule has 4 N–H and O–H groups in total. The Bertz CT molecular complexity index is 1080. The summed E-state index contributed by atoms with van der Waals surface area (Å²) in [6.45, 7) is 1.48. The van der Waals surface area contributed by atoms with Crippen LogP contribution in [0.2, 0.25) is 0 Å². The van der Waals surface area contributed by atoms with Gasteiger partial charge in [-0.1, -0.05) is 12.1 Å². The molecule has 0 spiro atoms. The van der Waals surface area contributed by atoms with Crippen LogP contribution in [-0.4, -0.2) is 40.2 Å². The molecule has 9 nitrogen and oxygen atoms in total. The summed E-state index contributed by atoms with van der Waals surface area (Å²) in [5.74, 6) is -0.279. The monoisotopic (exact) mass is 433 g/mol. The van der Waals surface area contributed by atoms with E-state index in [9.17, 15) is 18.0 Å². The second-order valence-electron chi connectivity index (χ2n) is 6.39. The van der Waals surface area contributed by atoms with E-state index < -0.39 is 21.8 Å². The molecule has 0 saturated heterocycles. The second kappa shape index (κ2) is 9.79. The Labute approximate surface area is 174 Å². The zero-order valence-corrected chi connectivity index (χ0v) is 17.6. The lowest BCUT2D eigenvalue weighted by molar-refractivity contribution is -0.120. The van der Waals surface area contributed by atoms with Gasteiger partial charge in [0.1, 0.15) is 0 Å². The Morgan fingerprint density at radius 1 is 1.13 bits per heavy atom. The molecule has 0 fully saturated rings. The Morgan fingerprint density at radius 2 is 1.87 bits per heavy atom. The van der Waals surface area contributed by atoms with Crippen molar-refractivity contribution in [3.8, 4) is 11.5 Å². The minimum atomic E-state index is -3.43. The highest BCUT2D eigenvalue weighted by molar-refractivity contribution is 7.92. The molecule has 2 aromatic carbocycles. The Morgan fingerprint density at radius 3 is 2.50 bits per heavy atom. The molecule has 0 aliphatic carbocycles. The van der Waals surface area contributed by atoms with Gasteiger partial charge in [-0.3, -0.25) is 14.3 Å². The summed E-state index contributed by atoms with van der Waals surface area (Å²) in [7, 11) is -1.98. The average Bonchev–Trinajstić information content (AvgIpc) is 2.66. The molecule has 30 heavy (non-hydrogen) atoms. The number of sulfonamides is 1. The van der Waals surface area contributed by atoms with Gasteiger partial charge in [0, 0.05) is 11.8 Å². The lowest BCUT2D eigenvalue weighted by Gasteiger charge is -2.11. The van der Waals surface area contributed by atoms with Crippen molar-refractivity contribution < 1.29 is 27.5 Å². The standard InChI is InChI=1S/C20H23N3O6S/c1-13-4-7-15(11-16(13)23-30(3,26)27)22-20(25)9-6-14-5-8-17(18(10-14)28-2)29-12-19(21)24/h4-11,23H,12H2,1-3H3,(H2,21,24)(H,22,25)/b9-6+. The van der Waals surface area contributed by atoms with E-state index in [-0.39, 0.29) is 6.61 Å². The number of carbonyl (C=O) groups excluding carboxylic acids is 2. The Hall–Kier alpha value is -3.53. The molecule has 0 saturated carbocycles. The van der Waals surface area contributed by atoms with Gasteiger partial charge in [0.05, 0.1) is 19.1 Å². The summed E-state index contributed by atoms with van der Waals surface area (Å²) in [5.41, 5.74) is 7.27. The van der Waals surface area contributed by atoms with Crippen molar-refractivity contribution in [1.82, 2.24) is 0 Å². The molecule has 0 aliphatic heterocycles. The van der Waals surface area contributed by atoms with Gasteiger partial charge in [-0.15, -0.1) is 0 Å². The Balaban J connectivity index is 2.09. The minimum absolute atomic E-state index is 0.277. The molecule has 2 rings (SSSR count). The number of nitrogens with two attached hydrogens (primary N) is 1. The number of rotatable bonds is 9. The number of anilines is 2. The van der Waals surface area contributed by atoms with Gasteiger partial charge < -0.3 is 20.5 Å². The summed E-state index contributed by atoms with van der Waals surface area (Å²) in [6.07, 6.45) is 3.95. The maximum absolute atomic E-state index is 12.2. The summed E-state index contributed by atoms with van der Waals surface area (Å²) < 4.78 is 35.8. The van der Waals surface area contributed by atoms with Crippen LogP contribution >= 0.6 is 0 Å². The summed E-state index contributed by atoms with van der Waals surface area (Å²) >= 11 is 0. The van der Waals surface area contributed by atoms with Crippen molar-refractivity contribution in [2.24, 2.45) is 5.73 Å². The van der Waals surface area contributed by atoms with Crippen LogP contribution in [0.3, 0.4) is 0 Å².